The van der Waals surface area contributed by atoms with Crippen LogP contribution in [0.15, 0.2) is 39.7 Å². The summed E-state index contributed by atoms with van der Waals surface area (Å²) in [6, 6.07) is 5.69. The van der Waals surface area contributed by atoms with E-state index in [1.807, 2.05) is 0 Å². The first-order valence-electron chi connectivity index (χ1n) is 5.43. The lowest BCUT2D eigenvalue weighted by atomic mass is 10.3. The van der Waals surface area contributed by atoms with E-state index >= 15 is 0 Å². The van der Waals surface area contributed by atoms with Crippen LogP contribution in [0.5, 0.6) is 0 Å². The summed E-state index contributed by atoms with van der Waals surface area (Å²) in [6.07, 6.45) is 0. The number of hydrogen-bond donors (Lipinski definition) is 2. The third kappa shape index (κ3) is 3.45. The fourth-order valence-electron chi connectivity index (χ4n) is 1.60. The molecule has 2 aromatic carbocycles. The number of benzene rings is 2. The number of nitrogens with two attached hydrogens (primary N) is 1. The molecule has 2 rings (SSSR count). The summed E-state index contributed by atoms with van der Waals surface area (Å²) in [7, 11) is -4.46. The number of rotatable bonds is 3. The summed E-state index contributed by atoms with van der Waals surface area (Å²) in [4.78, 5) is -1.10. The second-order valence-electron chi connectivity index (χ2n) is 4.04. The van der Waals surface area contributed by atoms with Crippen LogP contribution in [0.1, 0.15) is 0 Å². The average Bonchev–Trinajstić information content (AvgIpc) is 2.30. The first-order valence-corrected chi connectivity index (χ1v) is 8.08. The normalized spacial score (nSPS) is 11.4. The Kier molecular flexibility index (Phi) is 4.40. The lowest BCUT2D eigenvalue weighted by molar-refractivity contribution is 0.522. The van der Waals surface area contributed by atoms with E-state index in [9.17, 15) is 17.2 Å². The predicted molar refractivity (Wildman–Crippen MR) is 80.7 cm³/mol. The molecule has 0 spiro atoms. The molecule has 3 N–H and O–H groups in total. The Hall–Kier alpha value is -1.38. The first-order chi connectivity index (χ1) is 9.70. The summed E-state index contributed by atoms with van der Waals surface area (Å²) in [5, 5.41) is 0.370. The third-order valence-corrected chi connectivity index (χ3v) is 4.77. The maximum Gasteiger partial charge on any atom is 0.267 e. The minimum atomic E-state index is -4.46. The molecular formula is C12H8BrClF2N2O2S. The Morgan fingerprint density at radius 2 is 1.71 bits per heavy atom. The highest BCUT2D eigenvalue weighted by molar-refractivity contribution is 9.10. The van der Waals surface area contributed by atoms with Gasteiger partial charge in [-0.3, -0.25) is 4.72 Å². The summed E-state index contributed by atoms with van der Waals surface area (Å²) in [6.45, 7) is 0. The van der Waals surface area contributed by atoms with Gasteiger partial charge in [-0.25, -0.2) is 17.2 Å². The van der Waals surface area contributed by atoms with Gasteiger partial charge in [-0.1, -0.05) is 11.6 Å². The number of sulfonamides is 1. The van der Waals surface area contributed by atoms with Gasteiger partial charge in [0.1, 0.15) is 11.6 Å². The Morgan fingerprint density at radius 3 is 2.24 bits per heavy atom. The summed E-state index contributed by atoms with van der Waals surface area (Å²) < 4.78 is 54.0. The lowest BCUT2D eigenvalue weighted by Gasteiger charge is -2.11. The van der Waals surface area contributed by atoms with Crippen molar-refractivity contribution in [1.82, 2.24) is 0 Å². The largest absolute Gasteiger partial charge is 0.399 e. The molecule has 4 nitrogen and oxygen atoms in total. The molecule has 2 aromatic rings. The smallest absolute Gasteiger partial charge is 0.267 e. The van der Waals surface area contributed by atoms with Crippen LogP contribution in [-0.2, 0) is 10.0 Å². The highest BCUT2D eigenvalue weighted by atomic mass is 79.9. The van der Waals surface area contributed by atoms with Gasteiger partial charge in [0.05, 0.1) is 5.69 Å². The molecule has 0 aliphatic heterocycles. The second kappa shape index (κ2) is 5.78. The molecule has 0 aliphatic carbocycles. The van der Waals surface area contributed by atoms with Gasteiger partial charge >= 0.3 is 0 Å². The van der Waals surface area contributed by atoms with Crippen LogP contribution in [0, 0.1) is 11.6 Å². The van der Waals surface area contributed by atoms with Crippen molar-refractivity contribution in [1.29, 1.82) is 0 Å². The zero-order valence-electron chi connectivity index (χ0n) is 10.2. The van der Waals surface area contributed by atoms with Crippen LogP contribution < -0.4 is 10.5 Å². The standard InChI is InChI=1S/C12H8BrClF2N2O2S/c13-8-3-6(14)1-2-11(8)18-21(19,20)12-9(15)4-7(17)5-10(12)16/h1-5,18H,17H2. The fourth-order valence-corrected chi connectivity index (χ4v) is 3.72. The molecule has 0 bridgehead atoms. The van der Waals surface area contributed by atoms with Gasteiger partial charge in [0.25, 0.3) is 10.0 Å². The molecule has 21 heavy (non-hydrogen) atoms. The predicted octanol–water partition coefficient (Wildman–Crippen LogP) is 3.76. The van der Waals surface area contributed by atoms with Crippen molar-refractivity contribution in [3.63, 3.8) is 0 Å². The van der Waals surface area contributed by atoms with Crippen LogP contribution in [0.4, 0.5) is 20.2 Å². The summed E-state index contributed by atoms with van der Waals surface area (Å²) in [5.41, 5.74) is 5.13. The van der Waals surface area contributed by atoms with Gasteiger partial charge in [0, 0.05) is 15.2 Å². The molecule has 0 saturated carbocycles. The number of hydrogen-bond acceptors (Lipinski definition) is 3. The van der Waals surface area contributed by atoms with E-state index in [2.05, 4.69) is 20.7 Å². The van der Waals surface area contributed by atoms with Crippen LogP contribution in [-0.4, -0.2) is 8.42 Å². The van der Waals surface area contributed by atoms with Crippen molar-refractivity contribution >= 4 is 48.9 Å². The minimum Gasteiger partial charge on any atom is -0.399 e. The molecule has 0 heterocycles. The molecule has 0 aromatic heterocycles. The van der Waals surface area contributed by atoms with Crippen molar-refractivity contribution in [2.75, 3.05) is 10.5 Å². The first kappa shape index (κ1) is 16.0. The Bertz CT molecular complexity index is 792. The zero-order chi connectivity index (χ0) is 15.8. The number of nitrogens with one attached hydrogen (secondary N) is 1. The minimum absolute atomic E-state index is 0.0926. The van der Waals surface area contributed by atoms with Gasteiger partial charge in [0.2, 0.25) is 0 Å². The van der Waals surface area contributed by atoms with Crippen molar-refractivity contribution in [3.05, 3.63) is 51.5 Å². The van der Waals surface area contributed by atoms with Gasteiger partial charge in [-0.05, 0) is 46.3 Å². The maximum absolute atomic E-state index is 13.7. The molecule has 0 atom stereocenters. The van der Waals surface area contributed by atoms with E-state index in [0.717, 1.165) is 12.1 Å². The SMILES string of the molecule is Nc1cc(F)c(S(=O)(=O)Nc2ccc(Cl)cc2Br)c(F)c1. The van der Waals surface area contributed by atoms with Crippen molar-refractivity contribution in [2.45, 2.75) is 4.90 Å². The molecule has 0 amide bonds. The van der Waals surface area contributed by atoms with Crippen LogP contribution in [0.3, 0.4) is 0 Å². The molecular weight excluding hydrogens is 390 g/mol. The van der Waals surface area contributed by atoms with E-state index in [4.69, 9.17) is 17.3 Å². The Labute approximate surface area is 133 Å². The Morgan fingerprint density at radius 1 is 1.14 bits per heavy atom. The third-order valence-electron chi connectivity index (χ3n) is 2.46. The van der Waals surface area contributed by atoms with Crippen molar-refractivity contribution < 1.29 is 17.2 Å². The van der Waals surface area contributed by atoms with E-state index in [1.54, 1.807) is 0 Å². The van der Waals surface area contributed by atoms with Crippen LogP contribution in [0.25, 0.3) is 0 Å². The van der Waals surface area contributed by atoms with Crippen molar-refractivity contribution in [3.8, 4) is 0 Å². The van der Waals surface area contributed by atoms with Crippen LogP contribution in [0.2, 0.25) is 5.02 Å². The zero-order valence-corrected chi connectivity index (χ0v) is 13.4. The second-order valence-corrected chi connectivity index (χ2v) is 6.95. The monoisotopic (exact) mass is 396 g/mol. The maximum atomic E-state index is 13.7. The van der Waals surface area contributed by atoms with E-state index in [0.29, 0.717) is 9.50 Å². The molecule has 9 heteroatoms. The van der Waals surface area contributed by atoms with Crippen molar-refractivity contribution in [2.24, 2.45) is 0 Å². The van der Waals surface area contributed by atoms with Gasteiger partial charge in [-0.2, -0.15) is 0 Å². The molecule has 112 valence electrons. The highest BCUT2D eigenvalue weighted by Gasteiger charge is 2.25. The highest BCUT2D eigenvalue weighted by Crippen LogP contribution is 2.29. The van der Waals surface area contributed by atoms with Gasteiger partial charge < -0.3 is 5.73 Å². The Balaban J connectivity index is 2.48. The summed E-state index contributed by atoms with van der Waals surface area (Å²) in [5.74, 6) is -2.55. The van der Waals surface area contributed by atoms with Gasteiger partial charge in [-0.15, -0.1) is 0 Å². The van der Waals surface area contributed by atoms with Gasteiger partial charge in [0.15, 0.2) is 4.90 Å². The molecule has 0 saturated heterocycles. The molecule has 0 radical (unpaired) electrons. The van der Waals surface area contributed by atoms with Crippen LogP contribution >= 0.6 is 27.5 Å². The van der Waals surface area contributed by atoms with E-state index < -0.39 is 26.6 Å². The molecule has 0 unspecified atom stereocenters. The lowest BCUT2D eigenvalue weighted by Crippen LogP contribution is -2.17. The number of nitrogen functional groups attached to an aromatic ring is 1. The topological polar surface area (TPSA) is 72.2 Å². The molecule has 0 fully saturated rings. The van der Waals surface area contributed by atoms with E-state index in [-0.39, 0.29) is 11.4 Å². The average molecular weight is 398 g/mol. The quantitative estimate of drug-likeness (QED) is 0.775. The molecule has 0 aliphatic rings. The fraction of sp³-hybridized carbons (Fsp3) is 0. The number of anilines is 2. The van der Waals surface area contributed by atoms with E-state index in [1.165, 1.54) is 18.2 Å². The summed E-state index contributed by atoms with van der Waals surface area (Å²) >= 11 is 8.83. The number of halogens is 4.